The molecule has 0 atom stereocenters. The van der Waals surface area contributed by atoms with Gasteiger partial charge >= 0.3 is 0 Å². The highest BCUT2D eigenvalue weighted by Gasteiger charge is 2.24. The largest absolute Gasteiger partial charge is 0.308 e. The molecule has 7 aromatic heterocycles. The van der Waals surface area contributed by atoms with E-state index in [4.69, 9.17) is 15.0 Å². The Balaban J connectivity index is 1.10. The maximum Gasteiger partial charge on any atom is 0.104 e. The molecule has 14 rings (SSSR count). The molecule has 0 spiro atoms. The molecular formula is C68H42N8. The molecule has 76 heavy (non-hydrogen) atoms. The first kappa shape index (κ1) is 44.1. The minimum absolute atomic E-state index is 0.514. The number of hydrogen-bond donors (Lipinski definition) is 0. The first-order valence-electron chi connectivity index (χ1n) is 25.2. The standard InChI is InChI=1S/C68H42N8/c69-41-54-67(75-63-27-15-13-25-52(63)55-42-70-31-29-65(55)75)39-49(40-68(54)76-64-28-16-14-26-53(64)56-43-71-32-30-66(56)76)48-33-61(50-35-57(44-17-5-1-6-18-44)72-58(36-50)45-19-7-2-8-20-45)74-62(34-48)51-37-59(46-21-9-3-10-22-46)73-60(38-51)47-23-11-4-12-24-47/h1-40,42-43H. The van der Waals surface area contributed by atoms with E-state index < -0.39 is 0 Å². The van der Waals surface area contributed by atoms with Crippen molar-refractivity contribution in [3.8, 4) is 96.1 Å². The first-order chi connectivity index (χ1) is 37.6. The summed E-state index contributed by atoms with van der Waals surface area (Å²) in [7, 11) is 0. The lowest BCUT2D eigenvalue weighted by Gasteiger charge is -2.19. The van der Waals surface area contributed by atoms with Crippen LogP contribution in [0.25, 0.3) is 134 Å². The van der Waals surface area contributed by atoms with Crippen LogP contribution in [0, 0.1) is 11.3 Å². The highest BCUT2D eigenvalue weighted by atomic mass is 15.0. The first-order valence-corrected chi connectivity index (χ1v) is 25.2. The summed E-state index contributed by atoms with van der Waals surface area (Å²) in [5, 5.41) is 15.8. The number of para-hydroxylation sites is 2. The van der Waals surface area contributed by atoms with Gasteiger partial charge in [-0.05, 0) is 83.9 Å². The van der Waals surface area contributed by atoms with E-state index in [9.17, 15) is 5.26 Å². The van der Waals surface area contributed by atoms with Crippen molar-refractivity contribution >= 4 is 43.6 Å². The highest BCUT2D eigenvalue weighted by Crippen LogP contribution is 2.42. The van der Waals surface area contributed by atoms with Crippen molar-refractivity contribution in [1.82, 2.24) is 34.1 Å². The van der Waals surface area contributed by atoms with E-state index in [1.807, 2.05) is 122 Å². The maximum absolute atomic E-state index is 11.7. The number of hydrogen-bond acceptors (Lipinski definition) is 6. The van der Waals surface area contributed by atoms with Crippen LogP contribution in [0.1, 0.15) is 5.56 Å². The van der Waals surface area contributed by atoms with E-state index in [2.05, 4.69) is 159 Å². The Morgan fingerprint density at radius 1 is 0.289 bits per heavy atom. The number of nitrogens with zero attached hydrogens (tertiary/aromatic N) is 8. The predicted octanol–water partition coefficient (Wildman–Crippen LogP) is 16.4. The van der Waals surface area contributed by atoms with Crippen LogP contribution < -0.4 is 0 Å². The average Bonchev–Trinajstić information content (AvgIpc) is 4.14. The zero-order valence-electron chi connectivity index (χ0n) is 40.8. The van der Waals surface area contributed by atoms with Gasteiger partial charge in [0.25, 0.3) is 0 Å². The van der Waals surface area contributed by atoms with Crippen LogP contribution in [-0.2, 0) is 0 Å². The van der Waals surface area contributed by atoms with Crippen molar-refractivity contribution < 1.29 is 0 Å². The molecule has 0 unspecified atom stereocenters. The molecular weight excluding hydrogens is 929 g/mol. The van der Waals surface area contributed by atoms with Gasteiger partial charge in [0.05, 0.1) is 67.6 Å². The maximum atomic E-state index is 11.7. The molecule has 8 heteroatoms. The lowest BCUT2D eigenvalue weighted by atomic mass is 9.95. The SMILES string of the molecule is N#Cc1c(-n2c3ccccc3c3cnccc32)cc(-c2cc(-c3cc(-c4ccccc4)nc(-c4ccccc4)c3)nc(-c3cc(-c4ccccc4)nc(-c4ccccc4)c3)c2)cc1-n1c2ccccc2c2cnccc21. The monoisotopic (exact) mass is 970 g/mol. The summed E-state index contributed by atoms with van der Waals surface area (Å²) in [4.78, 5) is 25.3. The summed E-state index contributed by atoms with van der Waals surface area (Å²) in [6.45, 7) is 0. The average molecular weight is 971 g/mol. The van der Waals surface area contributed by atoms with Crippen LogP contribution in [0.2, 0.25) is 0 Å². The van der Waals surface area contributed by atoms with Crippen molar-refractivity contribution in [3.05, 3.63) is 261 Å². The van der Waals surface area contributed by atoms with Crippen molar-refractivity contribution in [1.29, 1.82) is 5.26 Å². The summed E-state index contributed by atoms with van der Waals surface area (Å²) in [5.41, 5.74) is 18.2. The fourth-order valence-electron chi connectivity index (χ4n) is 10.8. The van der Waals surface area contributed by atoms with E-state index in [-0.39, 0.29) is 0 Å². The summed E-state index contributed by atoms with van der Waals surface area (Å²) in [6, 6.07) is 82.0. The third-order valence-corrected chi connectivity index (χ3v) is 14.3. The quantitative estimate of drug-likeness (QED) is 0.143. The molecule has 7 aromatic carbocycles. The normalized spacial score (nSPS) is 11.4. The van der Waals surface area contributed by atoms with Gasteiger partial charge in [-0.15, -0.1) is 0 Å². The van der Waals surface area contributed by atoms with E-state index in [0.717, 1.165) is 134 Å². The predicted molar refractivity (Wildman–Crippen MR) is 307 cm³/mol. The van der Waals surface area contributed by atoms with Crippen molar-refractivity contribution in [3.63, 3.8) is 0 Å². The van der Waals surface area contributed by atoms with Crippen LogP contribution >= 0.6 is 0 Å². The molecule has 0 bridgehead atoms. The number of nitriles is 1. The number of aromatic nitrogens is 7. The molecule has 0 radical (unpaired) electrons. The van der Waals surface area contributed by atoms with E-state index >= 15 is 0 Å². The molecule has 0 amide bonds. The second kappa shape index (κ2) is 18.5. The molecule has 0 aliphatic heterocycles. The molecule has 0 aliphatic carbocycles. The lowest BCUT2D eigenvalue weighted by molar-refractivity contribution is 1.11. The summed E-state index contributed by atoms with van der Waals surface area (Å²) < 4.78 is 4.44. The molecule has 14 aromatic rings. The Morgan fingerprint density at radius 3 is 0.961 bits per heavy atom. The molecule has 0 saturated carbocycles. The molecule has 354 valence electrons. The van der Waals surface area contributed by atoms with Gasteiger partial charge in [-0.25, -0.2) is 15.0 Å². The summed E-state index contributed by atoms with van der Waals surface area (Å²) in [6.07, 6.45) is 7.47. The topological polar surface area (TPSA) is 98.1 Å². The van der Waals surface area contributed by atoms with Crippen molar-refractivity contribution in [2.45, 2.75) is 0 Å². The summed E-state index contributed by atoms with van der Waals surface area (Å²) >= 11 is 0. The molecule has 0 fully saturated rings. The van der Waals surface area contributed by atoms with Gasteiger partial charge in [0.15, 0.2) is 0 Å². The second-order valence-corrected chi connectivity index (χ2v) is 18.8. The molecule has 7 heterocycles. The fraction of sp³-hybridized carbons (Fsp3) is 0. The van der Waals surface area contributed by atoms with Crippen LogP contribution in [0.3, 0.4) is 0 Å². The van der Waals surface area contributed by atoms with Crippen LogP contribution in [0.15, 0.2) is 255 Å². The molecule has 8 nitrogen and oxygen atoms in total. The summed E-state index contributed by atoms with van der Waals surface area (Å²) in [5.74, 6) is 0. The zero-order valence-corrected chi connectivity index (χ0v) is 40.8. The Labute approximate surface area is 437 Å². The zero-order chi connectivity index (χ0) is 50.5. The van der Waals surface area contributed by atoms with Crippen molar-refractivity contribution in [2.75, 3.05) is 0 Å². The number of fused-ring (bicyclic) bond motifs is 6. The number of benzene rings is 7. The van der Waals surface area contributed by atoms with Gasteiger partial charge in [0, 0.05) is 79.7 Å². The van der Waals surface area contributed by atoms with E-state index in [1.54, 1.807) is 0 Å². The Bertz CT molecular complexity index is 4080. The minimum Gasteiger partial charge on any atom is -0.308 e. The van der Waals surface area contributed by atoms with Gasteiger partial charge in [0.2, 0.25) is 0 Å². The third kappa shape index (κ3) is 7.66. The lowest BCUT2D eigenvalue weighted by Crippen LogP contribution is -2.05. The smallest absolute Gasteiger partial charge is 0.104 e. The van der Waals surface area contributed by atoms with Gasteiger partial charge < -0.3 is 9.13 Å². The minimum atomic E-state index is 0.514. The highest BCUT2D eigenvalue weighted by molar-refractivity contribution is 6.11. The third-order valence-electron chi connectivity index (χ3n) is 14.3. The molecule has 0 aliphatic rings. The second-order valence-electron chi connectivity index (χ2n) is 18.8. The van der Waals surface area contributed by atoms with Gasteiger partial charge in [0.1, 0.15) is 11.6 Å². The van der Waals surface area contributed by atoms with Gasteiger partial charge in [-0.2, -0.15) is 5.26 Å². The number of rotatable bonds is 9. The molecule has 0 N–H and O–H groups in total. The van der Waals surface area contributed by atoms with E-state index in [0.29, 0.717) is 5.56 Å². The van der Waals surface area contributed by atoms with Crippen LogP contribution in [0.5, 0.6) is 0 Å². The van der Waals surface area contributed by atoms with Gasteiger partial charge in [-0.1, -0.05) is 158 Å². The Hall–Kier alpha value is -10.6. The van der Waals surface area contributed by atoms with E-state index in [1.165, 1.54) is 0 Å². The molecule has 0 saturated heterocycles. The fourth-order valence-corrected chi connectivity index (χ4v) is 10.8. The van der Waals surface area contributed by atoms with Crippen LogP contribution in [-0.4, -0.2) is 34.1 Å². The number of pyridine rings is 5. The van der Waals surface area contributed by atoms with Gasteiger partial charge in [-0.3, -0.25) is 9.97 Å². The Morgan fingerprint density at radius 2 is 0.592 bits per heavy atom. The van der Waals surface area contributed by atoms with Crippen LogP contribution in [0.4, 0.5) is 0 Å². The van der Waals surface area contributed by atoms with Crippen molar-refractivity contribution in [2.24, 2.45) is 0 Å². The Kier molecular flexibility index (Phi) is 10.7.